The maximum atomic E-state index is 10.6. The van der Waals surface area contributed by atoms with Gasteiger partial charge in [0.05, 0.1) is 12.3 Å². The number of fused-ring (bicyclic) bond motifs is 1. The predicted molar refractivity (Wildman–Crippen MR) is 70.7 cm³/mol. The van der Waals surface area contributed by atoms with Gasteiger partial charge in [0.15, 0.2) is 0 Å². The van der Waals surface area contributed by atoms with Crippen molar-refractivity contribution in [2.24, 2.45) is 0 Å². The Morgan fingerprint density at radius 2 is 2.35 bits per heavy atom. The zero-order chi connectivity index (χ0) is 13.9. The van der Waals surface area contributed by atoms with Crippen LogP contribution in [0.5, 0.6) is 5.75 Å². The number of carboxylic acid groups (broad SMARTS) is 1. The van der Waals surface area contributed by atoms with Crippen LogP contribution in [0.4, 0.5) is 0 Å². The summed E-state index contributed by atoms with van der Waals surface area (Å²) in [6, 6.07) is 7.89. The van der Waals surface area contributed by atoms with Gasteiger partial charge in [-0.1, -0.05) is 30.0 Å². The number of tetrazole rings is 1. The van der Waals surface area contributed by atoms with Crippen molar-refractivity contribution in [3.8, 4) is 5.75 Å². The molecule has 1 unspecified atom stereocenters. The van der Waals surface area contributed by atoms with Gasteiger partial charge < -0.3 is 9.84 Å². The van der Waals surface area contributed by atoms with Crippen molar-refractivity contribution in [3.63, 3.8) is 0 Å². The third-order valence-corrected chi connectivity index (χ3v) is 3.86. The zero-order valence-corrected chi connectivity index (χ0v) is 11.3. The molecule has 1 aliphatic heterocycles. The standard InChI is InChI=1S/C12H12N4O3S/c17-11(18)7-20-12-13-14-15-16(12)6-9-5-8-3-1-2-4-10(8)19-9/h1-4,9H,5-7H2,(H,17,18). The van der Waals surface area contributed by atoms with Crippen LogP contribution in [0.1, 0.15) is 5.56 Å². The number of nitrogens with zero attached hydrogens (tertiary/aromatic N) is 4. The van der Waals surface area contributed by atoms with Gasteiger partial charge in [0.1, 0.15) is 11.9 Å². The Balaban J connectivity index is 1.65. The van der Waals surface area contributed by atoms with Crippen molar-refractivity contribution in [1.82, 2.24) is 20.2 Å². The molecule has 8 heteroatoms. The molecule has 0 bridgehead atoms. The van der Waals surface area contributed by atoms with E-state index in [1.54, 1.807) is 4.68 Å². The highest BCUT2D eigenvalue weighted by Gasteiger charge is 2.24. The number of hydrogen-bond donors (Lipinski definition) is 1. The van der Waals surface area contributed by atoms with Crippen LogP contribution >= 0.6 is 11.8 Å². The van der Waals surface area contributed by atoms with E-state index in [1.807, 2.05) is 24.3 Å². The Kier molecular flexibility index (Phi) is 3.55. The van der Waals surface area contributed by atoms with Gasteiger partial charge in [-0.2, -0.15) is 0 Å². The number of para-hydroxylation sites is 1. The fraction of sp³-hybridized carbons (Fsp3) is 0.333. The van der Waals surface area contributed by atoms with E-state index >= 15 is 0 Å². The monoisotopic (exact) mass is 292 g/mol. The number of aliphatic carboxylic acids is 1. The maximum absolute atomic E-state index is 10.6. The Morgan fingerprint density at radius 3 is 3.15 bits per heavy atom. The molecule has 104 valence electrons. The van der Waals surface area contributed by atoms with E-state index in [9.17, 15) is 4.79 Å². The highest BCUT2D eigenvalue weighted by atomic mass is 32.2. The number of thioether (sulfide) groups is 1. The van der Waals surface area contributed by atoms with Crippen LogP contribution in [0, 0.1) is 0 Å². The zero-order valence-electron chi connectivity index (χ0n) is 10.5. The molecular formula is C12H12N4O3S. The van der Waals surface area contributed by atoms with Crippen molar-refractivity contribution in [1.29, 1.82) is 0 Å². The second kappa shape index (κ2) is 5.49. The van der Waals surface area contributed by atoms with E-state index < -0.39 is 5.97 Å². The average Bonchev–Trinajstić information content (AvgIpc) is 3.02. The SMILES string of the molecule is O=C(O)CSc1nnnn1CC1Cc2ccccc2O1. The molecule has 0 radical (unpaired) electrons. The Labute approximate surface area is 118 Å². The van der Waals surface area contributed by atoms with E-state index in [1.165, 1.54) is 5.56 Å². The first-order valence-electron chi connectivity index (χ1n) is 6.07. The van der Waals surface area contributed by atoms with Gasteiger partial charge >= 0.3 is 5.97 Å². The lowest BCUT2D eigenvalue weighted by molar-refractivity contribution is -0.133. The van der Waals surface area contributed by atoms with Crippen LogP contribution in [0.15, 0.2) is 29.4 Å². The maximum Gasteiger partial charge on any atom is 0.313 e. The largest absolute Gasteiger partial charge is 0.488 e. The minimum atomic E-state index is -0.894. The van der Waals surface area contributed by atoms with Crippen molar-refractivity contribution < 1.29 is 14.6 Å². The highest BCUT2D eigenvalue weighted by molar-refractivity contribution is 7.99. The number of hydrogen-bond acceptors (Lipinski definition) is 6. The summed E-state index contributed by atoms with van der Waals surface area (Å²) in [6.07, 6.45) is 0.777. The molecule has 1 aromatic carbocycles. The number of carboxylic acids is 1. The first-order chi connectivity index (χ1) is 9.72. The van der Waals surface area contributed by atoms with Gasteiger partial charge in [0, 0.05) is 6.42 Å². The van der Waals surface area contributed by atoms with Crippen LogP contribution in [0.25, 0.3) is 0 Å². The van der Waals surface area contributed by atoms with E-state index in [0.717, 1.165) is 23.9 Å². The molecule has 0 spiro atoms. The summed E-state index contributed by atoms with van der Waals surface area (Å²) in [5, 5.41) is 20.5. The fourth-order valence-electron chi connectivity index (χ4n) is 2.09. The van der Waals surface area contributed by atoms with Crippen LogP contribution in [-0.2, 0) is 17.8 Å². The first-order valence-corrected chi connectivity index (χ1v) is 7.06. The summed E-state index contributed by atoms with van der Waals surface area (Å²) in [5.74, 6) is -0.0639. The Morgan fingerprint density at radius 1 is 1.50 bits per heavy atom. The lowest BCUT2D eigenvalue weighted by atomic mass is 10.1. The molecule has 0 fully saturated rings. The van der Waals surface area contributed by atoms with Crippen molar-refractivity contribution in [3.05, 3.63) is 29.8 Å². The quantitative estimate of drug-likeness (QED) is 0.817. The lowest BCUT2D eigenvalue weighted by Gasteiger charge is -2.10. The average molecular weight is 292 g/mol. The van der Waals surface area contributed by atoms with Gasteiger partial charge in [-0.3, -0.25) is 4.79 Å². The van der Waals surface area contributed by atoms with Crippen LogP contribution < -0.4 is 4.74 Å². The Bertz CT molecular complexity index is 606. The molecule has 2 heterocycles. The van der Waals surface area contributed by atoms with E-state index in [-0.39, 0.29) is 11.9 Å². The number of benzene rings is 1. The molecule has 0 amide bonds. The summed E-state index contributed by atoms with van der Waals surface area (Å²) < 4.78 is 7.41. The fourth-order valence-corrected chi connectivity index (χ4v) is 2.70. The summed E-state index contributed by atoms with van der Waals surface area (Å²) in [4.78, 5) is 10.6. The Hall–Kier alpha value is -2.09. The van der Waals surface area contributed by atoms with Gasteiger partial charge in [-0.15, -0.1) is 5.10 Å². The van der Waals surface area contributed by atoms with E-state index in [2.05, 4.69) is 15.5 Å². The third-order valence-electron chi connectivity index (χ3n) is 2.91. The molecule has 7 nitrogen and oxygen atoms in total. The smallest absolute Gasteiger partial charge is 0.313 e. The van der Waals surface area contributed by atoms with Crippen molar-refractivity contribution in [2.75, 3.05) is 5.75 Å². The molecule has 0 saturated heterocycles. The number of rotatable bonds is 5. The van der Waals surface area contributed by atoms with E-state index in [4.69, 9.17) is 9.84 Å². The number of carbonyl (C=O) groups is 1. The van der Waals surface area contributed by atoms with Gasteiger partial charge in [-0.05, 0) is 22.1 Å². The second-order valence-corrected chi connectivity index (χ2v) is 5.32. The van der Waals surface area contributed by atoms with Crippen molar-refractivity contribution in [2.45, 2.75) is 24.2 Å². The molecule has 1 atom stereocenters. The van der Waals surface area contributed by atoms with Crippen LogP contribution in [0.2, 0.25) is 0 Å². The predicted octanol–water partition coefficient (Wildman–Crippen LogP) is 0.853. The van der Waals surface area contributed by atoms with Crippen LogP contribution in [0.3, 0.4) is 0 Å². The molecule has 0 aliphatic carbocycles. The summed E-state index contributed by atoms with van der Waals surface area (Å²) in [7, 11) is 0. The lowest BCUT2D eigenvalue weighted by Crippen LogP contribution is -2.22. The highest BCUT2D eigenvalue weighted by Crippen LogP contribution is 2.29. The minimum Gasteiger partial charge on any atom is -0.488 e. The summed E-state index contributed by atoms with van der Waals surface area (Å²) in [5.41, 5.74) is 1.17. The van der Waals surface area contributed by atoms with Crippen LogP contribution in [-0.4, -0.2) is 43.1 Å². The summed E-state index contributed by atoms with van der Waals surface area (Å²) >= 11 is 1.10. The molecule has 2 aromatic rings. The first kappa shape index (κ1) is 12.9. The molecule has 1 aromatic heterocycles. The second-order valence-electron chi connectivity index (χ2n) is 4.38. The molecule has 0 saturated carbocycles. The van der Waals surface area contributed by atoms with Gasteiger partial charge in [0.25, 0.3) is 0 Å². The topological polar surface area (TPSA) is 90.1 Å². The number of ether oxygens (including phenoxy) is 1. The number of aromatic nitrogens is 4. The third kappa shape index (κ3) is 2.74. The minimum absolute atomic E-state index is 0.0277. The van der Waals surface area contributed by atoms with Gasteiger partial charge in [-0.25, -0.2) is 4.68 Å². The molecule has 20 heavy (non-hydrogen) atoms. The van der Waals surface area contributed by atoms with E-state index in [0.29, 0.717) is 11.7 Å². The molecular weight excluding hydrogens is 280 g/mol. The molecule has 3 rings (SSSR count). The van der Waals surface area contributed by atoms with Crippen molar-refractivity contribution >= 4 is 17.7 Å². The molecule has 1 N–H and O–H groups in total. The summed E-state index contributed by atoms with van der Waals surface area (Å²) in [6.45, 7) is 0.504. The van der Waals surface area contributed by atoms with Gasteiger partial charge in [0.2, 0.25) is 5.16 Å². The normalized spacial score (nSPS) is 16.7. The molecule has 1 aliphatic rings.